The van der Waals surface area contributed by atoms with Crippen LogP contribution in [0.5, 0.6) is 0 Å². The van der Waals surface area contributed by atoms with Crippen molar-refractivity contribution in [1.82, 2.24) is 4.31 Å². The van der Waals surface area contributed by atoms with Crippen molar-refractivity contribution < 1.29 is 13.2 Å². The van der Waals surface area contributed by atoms with Crippen LogP contribution in [0.25, 0.3) is 0 Å². The molecular formula is C12H17BrN2O3S. The fourth-order valence-corrected chi connectivity index (χ4v) is 2.74. The van der Waals surface area contributed by atoms with E-state index in [0.717, 1.165) is 14.3 Å². The summed E-state index contributed by atoms with van der Waals surface area (Å²) >= 11 is 3.35. The van der Waals surface area contributed by atoms with Gasteiger partial charge in [-0.05, 0) is 40.5 Å². The summed E-state index contributed by atoms with van der Waals surface area (Å²) in [6, 6.07) is 5.53. The van der Waals surface area contributed by atoms with E-state index in [1.807, 2.05) is 19.1 Å². The second-order valence-electron chi connectivity index (χ2n) is 4.38. The summed E-state index contributed by atoms with van der Waals surface area (Å²) in [6.45, 7) is 1.94. The Balaban J connectivity index is 2.62. The Morgan fingerprint density at radius 3 is 2.53 bits per heavy atom. The van der Waals surface area contributed by atoms with Crippen LogP contribution in [-0.4, -0.2) is 38.5 Å². The maximum Gasteiger partial charge on any atom is 0.225 e. The zero-order valence-electron chi connectivity index (χ0n) is 11.1. The van der Waals surface area contributed by atoms with Crippen LogP contribution < -0.4 is 5.32 Å². The molecule has 0 aliphatic carbocycles. The van der Waals surface area contributed by atoms with Gasteiger partial charge in [-0.1, -0.05) is 6.07 Å². The Morgan fingerprint density at radius 2 is 2.00 bits per heavy atom. The van der Waals surface area contributed by atoms with Crippen molar-refractivity contribution in [2.75, 3.05) is 25.2 Å². The summed E-state index contributed by atoms with van der Waals surface area (Å²) < 4.78 is 25.0. The van der Waals surface area contributed by atoms with Crippen molar-refractivity contribution in [3.8, 4) is 0 Å². The molecule has 1 aromatic rings. The van der Waals surface area contributed by atoms with Gasteiger partial charge in [0.2, 0.25) is 15.9 Å². The van der Waals surface area contributed by atoms with Gasteiger partial charge in [0.15, 0.2) is 0 Å². The third kappa shape index (κ3) is 4.93. The zero-order valence-corrected chi connectivity index (χ0v) is 13.5. The van der Waals surface area contributed by atoms with Crippen molar-refractivity contribution in [2.45, 2.75) is 13.3 Å². The topological polar surface area (TPSA) is 66.5 Å². The van der Waals surface area contributed by atoms with Crippen LogP contribution in [0.2, 0.25) is 0 Å². The van der Waals surface area contributed by atoms with Crippen LogP contribution in [0.3, 0.4) is 0 Å². The summed E-state index contributed by atoms with van der Waals surface area (Å²) in [6.07, 6.45) is -0.0686. The molecule has 7 heteroatoms. The molecule has 0 aliphatic rings. The molecule has 0 fully saturated rings. The second-order valence-corrected chi connectivity index (χ2v) is 7.54. The molecule has 0 unspecified atom stereocenters. The second kappa shape index (κ2) is 6.49. The molecule has 1 amide bonds. The number of carbonyl (C=O) groups is 1. The molecule has 19 heavy (non-hydrogen) atoms. The number of anilines is 1. The number of hydrogen-bond acceptors (Lipinski definition) is 3. The van der Waals surface area contributed by atoms with Gasteiger partial charge in [-0.2, -0.15) is 0 Å². The zero-order chi connectivity index (χ0) is 14.6. The maximum atomic E-state index is 11.7. The highest BCUT2D eigenvalue weighted by molar-refractivity contribution is 9.10. The van der Waals surface area contributed by atoms with Crippen molar-refractivity contribution in [3.63, 3.8) is 0 Å². The van der Waals surface area contributed by atoms with Crippen LogP contribution in [-0.2, 0) is 14.8 Å². The minimum atomic E-state index is -3.34. The van der Waals surface area contributed by atoms with Gasteiger partial charge in [0.05, 0.1) is 11.4 Å². The summed E-state index contributed by atoms with van der Waals surface area (Å²) in [7, 11) is -0.445. The quantitative estimate of drug-likeness (QED) is 0.884. The average molecular weight is 349 g/mol. The molecule has 1 aromatic carbocycles. The lowest BCUT2D eigenvalue weighted by molar-refractivity contribution is -0.115. The minimum Gasteiger partial charge on any atom is -0.325 e. The summed E-state index contributed by atoms with van der Waals surface area (Å²) in [5.74, 6) is -0.523. The lowest BCUT2D eigenvalue weighted by atomic mass is 10.2. The predicted octanol–water partition coefficient (Wildman–Crippen LogP) is 1.98. The van der Waals surface area contributed by atoms with E-state index in [1.54, 1.807) is 6.07 Å². The Bertz CT molecular complexity index is 570. The largest absolute Gasteiger partial charge is 0.325 e. The van der Waals surface area contributed by atoms with Crippen molar-refractivity contribution >= 4 is 37.5 Å². The highest BCUT2D eigenvalue weighted by Gasteiger charge is 2.16. The van der Waals surface area contributed by atoms with Crippen LogP contribution in [0.15, 0.2) is 22.7 Å². The van der Waals surface area contributed by atoms with Crippen molar-refractivity contribution in [1.29, 1.82) is 0 Å². The molecule has 0 spiro atoms. The van der Waals surface area contributed by atoms with Crippen molar-refractivity contribution in [3.05, 3.63) is 28.2 Å². The molecule has 0 radical (unpaired) electrons. The Kier molecular flexibility index (Phi) is 5.51. The smallest absolute Gasteiger partial charge is 0.225 e. The molecule has 1 N–H and O–H groups in total. The SMILES string of the molecule is Cc1ccc(NC(=O)CCS(=O)(=O)N(C)C)c(Br)c1. The van der Waals surface area contributed by atoms with Gasteiger partial charge in [-0.25, -0.2) is 12.7 Å². The number of amides is 1. The standard InChI is InChI=1S/C12H17BrN2O3S/c1-9-4-5-11(10(13)8-9)14-12(16)6-7-19(17,18)15(2)3/h4-5,8H,6-7H2,1-3H3,(H,14,16). The van der Waals surface area contributed by atoms with E-state index in [2.05, 4.69) is 21.2 Å². The number of aryl methyl sites for hydroxylation is 1. The third-order valence-electron chi connectivity index (χ3n) is 2.54. The number of nitrogens with zero attached hydrogens (tertiary/aromatic N) is 1. The highest BCUT2D eigenvalue weighted by atomic mass is 79.9. The van der Waals surface area contributed by atoms with Gasteiger partial charge in [-0.15, -0.1) is 0 Å². The molecule has 0 aliphatic heterocycles. The van der Waals surface area contributed by atoms with E-state index in [1.165, 1.54) is 14.1 Å². The number of carbonyl (C=O) groups excluding carboxylic acids is 1. The molecule has 0 saturated carbocycles. The van der Waals surface area contributed by atoms with Gasteiger partial charge >= 0.3 is 0 Å². The van der Waals surface area contributed by atoms with Gasteiger partial charge in [-0.3, -0.25) is 4.79 Å². The average Bonchev–Trinajstić information content (AvgIpc) is 2.30. The Labute approximate surface area is 122 Å². The van der Waals surface area contributed by atoms with Crippen molar-refractivity contribution in [2.24, 2.45) is 0 Å². The molecular weight excluding hydrogens is 332 g/mol. The normalized spacial score (nSPS) is 11.6. The number of benzene rings is 1. The Hall–Kier alpha value is -0.920. The lowest BCUT2D eigenvalue weighted by Gasteiger charge is -2.11. The molecule has 0 saturated heterocycles. The maximum absolute atomic E-state index is 11.7. The molecule has 1 rings (SSSR count). The minimum absolute atomic E-state index is 0.0686. The molecule has 0 aromatic heterocycles. The summed E-state index contributed by atoms with van der Waals surface area (Å²) in [5, 5.41) is 2.68. The third-order valence-corrected chi connectivity index (χ3v) is 5.03. The fraction of sp³-hybridized carbons (Fsp3) is 0.417. The van der Waals surface area contributed by atoms with Crippen LogP contribution in [0.4, 0.5) is 5.69 Å². The van der Waals surface area contributed by atoms with E-state index in [4.69, 9.17) is 0 Å². The van der Waals surface area contributed by atoms with Gasteiger partial charge in [0.25, 0.3) is 0 Å². The molecule has 5 nitrogen and oxygen atoms in total. The number of rotatable bonds is 5. The monoisotopic (exact) mass is 348 g/mol. The van der Waals surface area contributed by atoms with E-state index >= 15 is 0 Å². The lowest BCUT2D eigenvalue weighted by Crippen LogP contribution is -2.27. The van der Waals surface area contributed by atoms with E-state index in [9.17, 15) is 13.2 Å². The van der Waals surface area contributed by atoms with E-state index in [0.29, 0.717) is 5.69 Å². The molecule has 0 bridgehead atoms. The van der Waals surface area contributed by atoms with Gasteiger partial charge < -0.3 is 5.32 Å². The predicted molar refractivity (Wildman–Crippen MR) is 79.6 cm³/mol. The first-order chi connectivity index (χ1) is 8.72. The van der Waals surface area contributed by atoms with Crippen LogP contribution >= 0.6 is 15.9 Å². The van der Waals surface area contributed by atoms with Crippen LogP contribution in [0, 0.1) is 6.92 Å². The molecule has 0 heterocycles. The fourth-order valence-electron chi connectivity index (χ4n) is 1.34. The van der Waals surface area contributed by atoms with E-state index in [-0.39, 0.29) is 18.1 Å². The summed E-state index contributed by atoms with van der Waals surface area (Å²) in [4.78, 5) is 11.7. The summed E-state index contributed by atoms with van der Waals surface area (Å²) in [5.41, 5.74) is 1.71. The first-order valence-corrected chi connectivity index (χ1v) is 8.09. The Morgan fingerprint density at radius 1 is 1.37 bits per heavy atom. The van der Waals surface area contributed by atoms with Crippen LogP contribution in [0.1, 0.15) is 12.0 Å². The molecule has 106 valence electrons. The number of sulfonamides is 1. The van der Waals surface area contributed by atoms with Gasteiger partial charge in [0.1, 0.15) is 0 Å². The number of nitrogens with one attached hydrogen (secondary N) is 1. The van der Waals surface area contributed by atoms with E-state index < -0.39 is 10.0 Å². The number of hydrogen-bond donors (Lipinski definition) is 1. The first kappa shape index (κ1) is 16.1. The molecule has 0 atom stereocenters. The van der Waals surface area contributed by atoms with Gasteiger partial charge in [0, 0.05) is 25.0 Å². The number of halogens is 1. The first-order valence-electron chi connectivity index (χ1n) is 5.68. The highest BCUT2D eigenvalue weighted by Crippen LogP contribution is 2.23.